The summed E-state index contributed by atoms with van der Waals surface area (Å²) in [5, 5.41) is 9.62. The van der Waals surface area contributed by atoms with Crippen molar-refractivity contribution >= 4 is 45.4 Å². The normalized spacial score (nSPS) is 28.1. The minimum Gasteiger partial charge on any atom is -0.396 e. The number of nitrogens with zero attached hydrogens (tertiary/aromatic N) is 3. The Labute approximate surface area is 270 Å². The van der Waals surface area contributed by atoms with Gasteiger partial charge in [0.15, 0.2) is 0 Å². The lowest BCUT2D eigenvalue weighted by atomic mass is 9.70. The predicted octanol–water partition coefficient (Wildman–Crippen LogP) is 5.28. The molecule has 7 nitrogen and oxygen atoms in total. The highest BCUT2D eigenvalue weighted by atomic mass is 79.9. The lowest BCUT2D eigenvalue weighted by molar-refractivity contribution is -0.147. The number of aliphatic hydroxyl groups is 1. The number of carbonyl (C=O) groups excluding carboxylic acids is 3. The van der Waals surface area contributed by atoms with E-state index in [4.69, 9.17) is 0 Å². The molecule has 4 rings (SSSR count). The van der Waals surface area contributed by atoms with Gasteiger partial charge in [-0.15, -0.1) is 24.9 Å². The zero-order valence-corrected chi connectivity index (χ0v) is 28.7. The molecule has 1 aromatic rings. The number of halogens is 1. The first-order valence-electron chi connectivity index (χ1n) is 15.3. The number of fused-ring (bicyclic) bond motifs is 1. The van der Waals surface area contributed by atoms with Crippen LogP contribution in [0, 0.1) is 17.3 Å². The summed E-state index contributed by atoms with van der Waals surface area (Å²) in [5.74, 6) is -1.50. The predicted molar refractivity (Wildman–Crippen MR) is 178 cm³/mol. The third kappa shape index (κ3) is 6.50. The van der Waals surface area contributed by atoms with Crippen LogP contribution >= 0.6 is 27.7 Å². The van der Waals surface area contributed by atoms with Crippen molar-refractivity contribution in [3.63, 3.8) is 0 Å². The number of likely N-dealkylation sites (tertiary alicyclic amines) is 1. The van der Waals surface area contributed by atoms with Crippen molar-refractivity contribution in [1.82, 2.24) is 14.7 Å². The quantitative estimate of drug-likeness (QED) is 0.228. The van der Waals surface area contributed by atoms with Crippen LogP contribution in [0.15, 0.2) is 55.6 Å². The molecule has 1 aromatic carbocycles. The van der Waals surface area contributed by atoms with E-state index in [9.17, 15) is 19.5 Å². The highest BCUT2D eigenvalue weighted by molar-refractivity contribution is 9.09. The Morgan fingerprint density at radius 2 is 1.77 bits per heavy atom. The van der Waals surface area contributed by atoms with E-state index in [1.54, 1.807) is 33.7 Å². The molecule has 0 radical (unpaired) electrons. The van der Waals surface area contributed by atoms with Gasteiger partial charge in [-0.2, -0.15) is 0 Å². The second-order valence-electron chi connectivity index (χ2n) is 14.1. The molecule has 9 heteroatoms. The van der Waals surface area contributed by atoms with Crippen LogP contribution in [0.25, 0.3) is 0 Å². The van der Waals surface area contributed by atoms with Gasteiger partial charge in [-0.05, 0) is 44.1 Å². The number of alkyl halides is 1. The molecule has 3 aliphatic rings. The van der Waals surface area contributed by atoms with Gasteiger partial charge in [0.25, 0.3) is 0 Å². The van der Waals surface area contributed by atoms with Crippen LogP contribution < -0.4 is 0 Å². The SMILES string of the molecule is C=CCN(Cc1ccccc1)C(=O)[C@H]1[C@H]2C(=O)N(CCCO)C(C(=O)N(CC=C)C(C)(C)CC(C)(C)C)C23CC(Br)[C@@H]1S3. The van der Waals surface area contributed by atoms with Crippen LogP contribution in [-0.4, -0.2) is 90.2 Å². The Balaban J connectivity index is 1.76. The number of rotatable bonds is 13. The molecular weight excluding hydrogens is 626 g/mol. The van der Waals surface area contributed by atoms with Gasteiger partial charge < -0.3 is 19.8 Å². The molecule has 3 saturated heterocycles. The standard InChI is InChI=1S/C34H48BrN3O4S/c1-8-16-36(21-23-14-11-10-12-15-23)29(40)25-26-30(41)37(18-13-19-39)28(34(26)20-24(35)27(25)43-34)31(42)38(17-9-2)33(6,7)22-32(3,4)5/h8-12,14-15,24-28,39H,1-2,13,16-22H2,3-7H3/t24?,25-,26-,27-,28?,34?/m0/s1. The molecular formula is C34H48BrN3O4S. The minimum absolute atomic E-state index is 0.0127. The fraction of sp³-hybridized carbons (Fsp3) is 0.618. The van der Waals surface area contributed by atoms with Crippen LogP contribution in [-0.2, 0) is 20.9 Å². The highest BCUT2D eigenvalue weighted by Gasteiger charge is 2.76. The molecule has 2 bridgehead atoms. The average Bonchev–Trinajstić information content (AvgIpc) is 3.52. The monoisotopic (exact) mass is 673 g/mol. The summed E-state index contributed by atoms with van der Waals surface area (Å²) in [6.45, 7) is 19.8. The van der Waals surface area contributed by atoms with Gasteiger partial charge in [0.05, 0.1) is 16.6 Å². The van der Waals surface area contributed by atoms with Crippen molar-refractivity contribution in [2.24, 2.45) is 17.3 Å². The molecule has 1 spiro atoms. The van der Waals surface area contributed by atoms with Gasteiger partial charge in [-0.1, -0.05) is 79.2 Å². The Bertz CT molecular complexity index is 1220. The lowest BCUT2D eigenvalue weighted by Gasteiger charge is -2.46. The number of carbonyl (C=O) groups is 3. The van der Waals surface area contributed by atoms with Crippen molar-refractivity contribution in [2.45, 2.75) is 86.8 Å². The largest absolute Gasteiger partial charge is 0.396 e. The van der Waals surface area contributed by atoms with Crippen LogP contribution in [0.1, 0.15) is 59.4 Å². The van der Waals surface area contributed by atoms with E-state index in [0.717, 1.165) is 12.0 Å². The van der Waals surface area contributed by atoms with Crippen molar-refractivity contribution in [1.29, 1.82) is 0 Å². The molecule has 3 unspecified atom stereocenters. The van der Waals surface area contributed by atoms with Gasteiger partial charge in [-0.25, -0.2) is 0 Å². The Morgan fingerprint density at radius 3 is 2.35 bits per heavy atom. The molecule has 6 atom stereocenters. The maximum Gasteiger partial charge on any atom is 0.247 e. The number of benzene rings is 1. The first-order chi connectivity index (χ1) is 20.2. The molecule has 0 aromatic heterocycles. The summed E-state index contributed by atoms with van der Waals surface area (Å²) in [6.07, 6.45) is 5.23. The molecule has 1 N–H and O–H groups in total. The zero-order chi connectivity index (χ0) is 31.7. The van der Waals surface area contributed by atoms with Crippen molar-refractivity contribution in [3.05, 3.63) is 61.2 Å². The Morgan fingerprint density at radius 1 is 1.12 bits per heavy atom. The summed E-state index contributed by atoms with van der Waals surface area (Å²) >= 11 is 5.54. The second kappa shape index (κ2) is 13.1. The van der Waals surface area contributed by atoms with E-state index in [-0.39, 0.29) is 46.4 Å². The molecule has 236 valence electrons. The first kappa shape index (κ1) is 33.8. The number of amides is 3. The number of hydrogen-bond donors (Lipinski definition) is 1. The molecule has 3 heterocycles. The Hall–Kier alpha value is -2.10. The zero-order valence-electron chi connectivity index (χ0n) is 26.3. The lowest BCUT2D eigenvalue weighted by Crippen LogP contribution is -2.60. The third-order valence-electron chi connectivity index (χ3n) is 9.01. The van der Waals surface area contributed by atoms with Crippen LogP contribution in [0.2, 0.25) is 0 Å². The first-order valence-corrected chi connectivity index (χ1v) is 17.1. The van der Waals surface area contributed by atoms with E-state index in [2.05, 4.69) is 63.7 Å². The molecule has 43 heavy (non-hydrogen) atoms. The molecule has 0 aliphatic carbocycles. The number of aliphatic hydroxyl groups excluding tert-OH is 1. The highest BCUT2D eigenvalue weighted by Crippen LogP contribution is 2.68. The van der Waals surface area contributed by atoms with Gasteiger partial charge in [0.1, 0.15) is 6.04 Å². The van der Waals surface area contributed by atoms with E-state index >= 15 is 0 Å². The summed E-state index contributed by atoms with van der Waals surface area (Å²) in [6, 6.07) is 9.11. The molecule has 3 fully saturated rings. The van der Waals surface area contributed by atoms with E-state index in [0.29, 0.717) is 32.5 Å². The van der Waals surface area contributed by atoms with Gasteiger partial charge >= 0.3 is 0 Å². The van der Waals surface area contributed by atoms with Crippen LogP contribution in [0.5, 0.6) is 0 Å². The summed E-state index contributed by atoms with van der Waals surface area (Å²) in [4.78, 5) is 49.1. The minimum atomic E-state index is -0.743. The maximum atomic E-state index is 14.9. The molecule has 0 saturated carbocycles. The third-order valence-corrected chi connectivity index (χ3v) is 12.2. The Kier molecular flexibility index (Phi) is 10.3. The second-order valence-corrected chi connectivity index (χ2v) is 16.8. The van der Waals surface area contributed by atoms with E-state index < -0.39 is 28.2 Å². The van der Waals surface area contributed by atoms with Crippen molar-refractivity contribution < 1.29 is 19.5 Å². The van der Waals surface area contributed by atoms with Gasteiger partial charge in [0.2, 0.25) is 17.7 Å². The van der Waals surface area contributed by atoms with Crippen LogP contribution in [0.4, 0.5) is 0 Å². The molecule has 3 aliphatic heterocycles. The van der Waals surface area contributed by atoms with Crippen molar-refractivity contribution in [2.75, 3.05) is 26.2 Å². The number of thioether (sulfide) groups is 1. The topological polar surface area (TPSA) is 81.2 Å². The van der Waals surface area contributed by atoms with E-state index in [1.165, 1.54) is 0 Å². The van der Waals surface area contributed by atoms with Gasteiger partial charge in [0, 0.05) is 48.4 Å². The average molecular weight is 675 g/mol. The van der Waals surface area contributed by atoms with Crippen molar-refractivity contribution in [3.8, 4) is 0 Å². The van der Waals surface area contributed by atoms with Gasteiger partial charge in [-0.3, -0.25) is 14.4 Å². The number of hydrogen-bond acceptors (Lipinski definition) is 5. The van der Waals surface area contributed by atoms with E-state index in [1.807, 2.05) is 35.2 Å². The van der Waals surface area contributed by atoms with Crippen LogP contribution in [0.3, 0.4) is 0 Å². The summed E-state index contributed by atoms with van der Waals surface area (Å²) < 4.78 is -0.743. The fourth-order valence-corrected chi connectivity index (χ4v) is 11.5. The molecule has 3 amide bonds. The maximum absolute atomic E-state index is 14.9. The smallest absolute Gasteiger partial charge is 0.247 e. The summed E-state index contributed by atoms with van der Waals surface area (Å²) in [5.41, 5.74) is 0.485. The fourth-order valence-electron chi connectivity index (χ4n) is 7.88. The summed E-state index contributed by atoms with van der Waals surface area (Å²) in [7, 11) is 0.